The number of imide groups is 1. The minimum absolute atomic E-state index is 0.00377. The van der Waals surface area contributed by atoms with Gasteiger partial charge in [-0.25, -0.2) is 14.8 Å². The number of H-pyrrole nitrogens is 1. The maximum atomic E-state index is 13.0. The zero-order valence-electron chi connectivity index (χ0n) is 30.8. The molecule has 1 aromatic carbocycles. The number of aromatic amines is 1. The summed E-state index contributed by atoms with van der Waals surface area (Å²) in [5, 5.41) is 11.2. The summed E-state index contributed by atoms with van der Waals surface area (Å²) >= 11 is 0. The second kappa shape index (κ2) is 19.4. The predicted octanol–water partition coefficient (Wildman–Crippen LogP) is -0.190. The molecule has 298 valence electrons. The summed E-state index contributed by atoms with van der Waals surface area (Å²) in [4.78, 5) is 101. The van der Waals surface area contributed by atoms with Gasteiger partial charge in [0, 0.05) is 68.7 Å². The number of rotatable bonds is 20. The number of aromatic nitrogens is 4. The second-order valence-electron chi connectivity index (χ2n) is 12.9. The van der Waals surface area contributed by atoms with Crippen molar-refractivity contribution >= 4 is 58.3 Å². The van der Waals surface area contributed by atoms with Crippen LogP contribution in [-0.4, -0.2) is 112 Å². The Morgan fingerprint density at radius 1 is 0.929 bits per heavy atom. The van der Waals surface area contributed by atoms with Gasteiger partial charge < -0.3 is 41.2 Å². The lowest BCUT2D eigenvalue weighted by atomic mass is 10.1. The summed E-state index contributed by atoms with van der Waals surface area (Å²) in [6, 6.07) is 5.35. The van der Waals surface area contributed by atoms with E-state index in [4.69, 9.17) is 19.9 Å². The minimum atomic E-state index is -1.08. The maximum absolute atomic E-state index is 13.0. The van der Waals surface area contributed by atoms with Crippen molar-refractivity contribution < 1.29 is 43.0 Å². The number of nitrogen functional groups attached to an aromatic ring is 1. The molecule has 3 heterocycles. The highest BCUT2D eigenvalue weighted by Crippen LogP contribution is 2.34. The van der Waals surface area contributed by atoms with Crippen LogP contribution in [0.15, 0.2) is 47.4 Å². The van der Waals surface area contributed by atoms with Crippen LogP contribution in [0, 0.1) is 0 Å². The van der Waals surface area contributed by atoms with Gasteiger partial charge in [0.15, 0.2) is 17.0 Å². The molecule has 5 amide bonds. The molecule has 0 radical (unpaired) electrons. The van der Waals surface area contributed by atoms with E-state index in [1.807, 2.05) is 0 Å². The van der Waals surface area contributed by atoms with E-state index in [9.17, 15) is 33.6 Å². The number of amides is 5. The monoisotopic (exact) mass is 776 g/mol. The van der Waals surface area contributed by atoms with Gasteiger partial charge >= 0.3 is 5.97 Å². The molecule has 1 fully saturated rings. The quantitative estimate of drug-likeness (QED) is 0.0376. The lowest BCUT2D eigenvalue weighted by molar-refractivity contribution is -0.230. The average Bonchev–Trinajstić information content (AvgIpc) is 3.79. The fourth-order valence-corrected chi connectivity index (χ4v) is 6.04. The summed E-state index contributed by atoms with van der Waals surface area (Å²) in [5.41, 5.74) is 6.61. The number of nitrogens with one attached hydrogen (secondary N) is 5. The lowest BCUT2D eigenvalue weighted by Gasteiger charge is -2.29. The molecular weight excluding hydrogens is 732 g/mol. The number of benzene rings is 1. The fraction of sp³-hybridized carbons (Fsp3) is 0.444. The van der Waals surface area contributed by atoms with Gasteiger partial charge in [-0.1, -0.05) is 0 Å². The molecule has 5 rings (SSSR count). The van der Waals surface area contributed by atoms with Crippen molar-refractivity contribution in [1.82, 2.24) is 40.8 Å². The van der Waals surface area contributed by atoms with Crippen molar-refractivity contribution in [2.45, 2.75) is 63.3 Å². The largest absolute Gasteiger partial charge is 0.467 e. The van der Waals surface area contributed by atoms with Gasteiger partial charge in [-0.3, -0.25) is 38.7 Å². The van der Waals surface area contributed by atoms with Crippen LogP contribution in [0.4, 0.5) is 11.6 Å². The Morgan fingerprint density at radius 3 is 2.21 bits per heavy atom. The summed E-state index contributed by atoms with van der Waals surface area (Å²) in [6.45, 7) is 0.957. The first-order valence-corrected chi connectivity index (χ1v) is 18.0. The number of nitrogens with two attached hydrogens (primary N) is 1. The Hall–Kier alpha value is -6.28. The van der Waals surface area contributed by atoms with Crippen LogP contribution >= 0.6 is 0 Å². The lowest BCUT2D eigenvalue weighted by Crippen LogP contribution is -2.42. The van der Waals surface area contributed by atoms with E-state index in [2.05, 4.69) is 41.2 Å². The van der Waals surface area contributed by atoms with E-state index in [0.29, 0.717) is 24.2 Å². The SMILES string of the molecule is COC(=O)[C@H](CCC(=O)NCCOC1(OCCNC(=O)CCN2C(=O)C=CC2=O)CCCC1)NC(=O)c1ccc(NCc2cnc3nc(N)[nH]c(=O)c3n2)cc1. The normalized spacial score (nSPS) is 15.1. The van der Waals surface area contributed by atoms with Crippen LogP contribution < -0.4 is 32.6 Å². The number of hydrogen-bond acceptors (Lipinski definition) is 15. The Bertz CT molecular complexity index is 2000. The third-order valence-corrected chi connectivity index (χ3v) is 8.96. The standard InChI is InChI=1S/C36H44N10O10/c1-54-34(53)25(43-32(51)22-4-6-23(7-5-22)40-20-24-21-41-31-30(42-24)33(52)45-35(37)44-31)8-9-26(47)38-15-18-55-36(13-2-3-14-36)56-19-16-39-27(48)12-17-46-28(49)10-11-29(46)50/h4-7,10-11,21,25,40H,2-3,8-9,12-20H2,1H3,(H,38,47)(H,39,48)(H,43,51)(H3,37,41,44,45,52)/t25-/m0/s1. The van der Waals surface area contributed by atoms with E-state index in [-0.39, 0.29) is 93.1 Å². The van der Waals surface area contributed by atoms with Crippen LogP contribution in [0.1, 0.15) is 61.0 Å². The molecule has 56 heavy (non-hydrogen) atoms. The van der Waals surface area contributed by atoms with Crippen LogP contribution in [0.3, 0.4) is 0 Å². The molecule has 3 aromatic rings. The summed E-state index contributed by atoms with van der Waals surface area (Å²) in [7, 11) is 1.19. The van der Waals surface area contributed by atoms with Gasteiger partial charge in [0.25, 0.3) is 23.3 Å². The Balaban J connectivity index is 0.994. The number of methoxy groups -OCH3 is 1. The number of carbonyl (C=O) groups excluding carboxylic acids is 6. The van der Waals surface area contributed by atoms with E-state index >= 15 is 0 Å². The molecule has 1 aliphatic heterocycles. The van der Waals surface area contributed by atoms with Crippen molar-refractivity contribution in [3.05, 3.63) is 64.2 Å². The van der Waals surface area contributed by atoms with Gasteiger partial charge in [-0.05, 0) is 43.5 Å². The van der Waals surface area contributed by atoms with Crippen molar-refractivity contribution in [2.24, 2.45) is 0 Å². The molecule has 20 heteroatoms. The number of anilines is 2. The van der Waals surface area contributed by atoms with Crippen LogP contribution in [0.5, 0.6) is 0 Å². The smallest absolute Gasteiger partial charge is 0.328 e. The summed E-state index contributed by atoms with van der Waals surface area (Å²) in [5.74, 6) is -3.70. The summed E-state index contributed by atoms with van der Waals surface area (Å²) < 4.78 is 16.9. The third kappa shape index (κ3) is 11.4. The minimum Gasteiger partial charge on any atom is -0.467 e. The van der Waals surface area contributed by atoms with Crippen molar-refractivity contribution in [2.75, 3.05) is 51.0 Å². The van der Waals surface area contributed by atoms with Crippen molar-refractivity contribution in [1.29, 1.82) is 0 Å². The fourth-order valence-electron chi connectivity index (χ4n) is 6.04. The van der Waals surface area contributed by atoms with Gasteiger partial charge in [-0.15, -0.1) is 0 Å². The molecular formula is C36H44N10O10. The highest BCUT2D eigenvalue weighted by atomic mass is 16.7. The first-order chi connectivity index (χ1) is 26.9. The number of hydrogen-bond donors (Lipinski definition) is 6. The van der Waals surface area contributed by atoms with Crippen LogP contribution in [-0.2, 0) is 44.7 Å². The zero-order valence-corrected chi connectivity index (χ0v) is 30.8. The van der Waals surface area contributed by atoms with E-state index in [1.165, 1.54) is 25.5 Å². The number of nitrogens with zero attached hydrogens (tertiary/aromatic N) is 4. The van der Waals surface area contributed by atoms with Crippen LogP contribution in [0.25, 0.3) is 11.2 Å². The Labute approximate surface area is 320 Å². The molecule has 0 unspecified atom stereocenters. The molecule has 20 nitrogen and oxygen atoms in total. The zero-order chi connectivity index (χ0) is 40.1. The van der Waals surface area contributed by atoms with E-state index < -0.39 is 41.1 Å². The van der Waals surface area contributed by atoms with Crippen molar-refractivity contribution in [3.8, 4) is 0 Å². The summed E-state index contributed by atoms with van der Waals surface area (Å²) in [6.07, 6.45) is 6.79. The Kier molecular flexibility index (Phi) is 14.1. The molecule has 2 aromatic heterocycles. The van der Waals surface area contributed by atoms with Gasteiger partial charge in [0.1, 0.15) is 6.04 Å². The topological polar surface area (TPSA) is 279 Å². The van der Waals surface area contributed by atoms with Gasteiger partial charge in [0.05, 0.1) is 38.8 Å². The van der Waals surface area contributed by atoms with Gasteiger partial charge in [-0.2, -0.15) is 4.98 Å². The first kappa shape index (κ1) is 40.9. The van der Waals surface area contributed by atoms with E-state index in [1.54, 1.807) is 24.3 Å². The average molecular weight is 777 g/mol. The van der Waals surface area contributed by atoms with E-state index in [0.717, 1.165) is 17.7 Å². The molecule has 7 N–H and O–H groups in total. The molecule has 0 bridgehead atoms. The maximum Gasteiger partial charge on any atom is 0.328 e. The molecule has 2 aliphatic rings. The number of fused-ring (bicyclic) bond motifs is 1. The van der Waals surface area contributed by atoms with Gasteiger partial charge in [0.2, 0.25) is 17.8 Å². The predicted molar refractivity (Wildman–Crippen MR) is 198 cm³/mol. The molecule has 1 saturated carbocycles. The number of carbonyl (C=O) groups is 6. The first-order valence-electron chi connectivity index (χ1n) is 18.0. The Morgan fingerprint density at radius 2 is 1.57 bits per heavy atom. The molecule has 0 saturated heterocycles. The molecule has 1 aliphatic carbocycles. The second-order valence-corrected chi connectivity index (χ2v) is 12.9. The van der Waals surface area contributed by atoms with Crippen molar-refractivity contribution in [3.63, 3.8) is 0 Å². The number of esters is 1. The van der Waals surface area contributed by atoms with Crippen LogP contribution in [0.2, 0.25) is 0 Å². The molecule has 1 atom stereocenters. The highest BCUT2D eigenvalue weighted by molar-refractivity contribution is 6.13. The third-order valence-electron chi connectivity index (χ3n) is 8.96. The highest BCUT2D eigenvalue weighted by Gasteiger charge is 2.36. The number of ether oxygens (including phenoxy) is 3. The molecule has 0 spiro atoms.